The van der Waals surface area contributed by atoms with Gasteiger partial charge in [0.1, 0.15) is 5.75 Å². The van der Waals surface area contributed by atoms with Crippen LogP contribution in [-0.4, -0.2) is 15.0 Å². The van der Waals surface area contributed by atoms with Crippen molar-refractivity contribution in [3.63, 3.8) is 0 Å². The van der Waals surface area contributed by atoms with Crippen LogP contribution in [0, 0.1) is 6.33 Å². The van der Waals surface area contributed by atoms with Crippen molar-refractivity contribution in [1.82, 2.24) is 15.0 Å². The zero-order valence-corrected chi connectivity index (χ0v) is 18.1. The maximum Gasteiger partial charge on any atom is 0.202 e. The summed E-state index contributed by atoms with van der Waals surface area (Å²) in [6, 6.07) is 38.3. The maximum absolute atomic E-state index is 6.47. The first kappa shape index (κ1) is 20.0. The second-order valence-corrected chi connectivity index (χ2v) is 8.83. The van der Waals surface area contributed by atoms with Crippen molar-refractivity contribution in [2.75, 3.05) is 0 Å². The largest absolute Gasteiger partial charge is 0.464 e. The third kappa shape index (κ3) is 4.56. The Morgan fingerprint density at radius 3 is 1.53 bits per heavy atom. The SMILES string of the molecule is [c]1nc(-c2ccccc2)nc(-c2ccc(OP(c3ccccc3)c3ccccc3)cc2)n1. The van der Waals surface area contributed by atoms with E-state index in [2.05, 4.69) is 45.5 Å². The Labute approximate surface area is 188 Å². The molecule has 0 unspecified atom stereocenters. The number of aromatic nitrogens is 3. The van der Waals surface area contributed by atoms with E-state index in [1.807, 2.05) is 91.0 Å². The second kappa shape index (κ2) is 9.51. The number of hydrogen-bond donors (Lipinski definition) is 0. The predicted octanol–water partition coefficient (Wildman–Crippen LogP) is 5.43. The Kier molecular flexibility index (Phi) is 5.95. The minimum absolute atomic E-state index is 0.582. The molecule has 1 radical (unpaired) electrons. The zero-order chi connectivity index (χ0) is 21.6. The van der Waals surface area contributed by atoms with Gasteiger partial charge in [0, 0.05) is 21.7 Å². The summed E-state index contributed by atoms with van der Waals surface area (Å²) in [5.41, 5.74) is 1.82. The summed E-state index contributed by atoms with van der Waals surface area (Å²) in [5.74, 6) is 1.99. The van der Waals surface area contributed by atoms with E-state index in [1.54, 1.807) is 0 Å². The lowest BCUT2D eigenvalue weighted by molar-refractivity contribution is 0.630. The van der Waals surface area contributed by atoms with Gasteiger partial charge in [-0.3, -0.25) is 0 Å². The van der Waals surface area contributed by atoms with Crippen LogP contribution in [0.25, 0.3) is 22.8 Å². The standard InChI is InChI=1S/C27H19N3OP/c1-4-10-21(11-5-1)26-28-20-29-27(30-26)22-16-18-23(19-17-22)31-32(24-12-6-2-7-13-24)25-14-8-3-9-15-25/h1-19H. The van der Waals surface area contributed by atoms with Crippen LogP contribution in [0.1, 0.15) is 0 Å². The van der Waals surface area contributed by atoms with Crippen molar-refractivity contribution in [3.8, 4) is 28.5 Å². The summed E-state index contributed by atoms with van der Waals surface area (Å²) in [5, 5.41) is 2.33. The van der Waals surface area contributed by atoms with Crippen molar-refractivity contribution in [2.45, 2.75) is 0 Å². The van der Waals surface area contributed by atoms with E-state index < -0.39 is 8.15 Å². The molecule has 0 aliphatic carbocycles. The molecule has 0 atom stereocenters. The number of nitrogens with zero attached hydrogens (tertiary/aromatic N) is 3. The first-order valence-corrected chi connectivity index (χ1v) is 11.5. The van der Waals surface area contributed by atoms with Gasteiger partial charge in [0.25, 0.3) is 0 Å². The highest BCUT2D eigenvalue weighted by Crippen LogP contribution is 2.37. The van der Waals surface area contributed by atoms with Crippen LogP contribution in [0.15, 0.2) is 115 Å². The van der Waals surface area contributed by atoms with Crippen LogP contribution in [0.4, 0.5) is 0 Å². The van der Waals surface area contributed by atoms with E-state index in [4.69, 9.17) is 4.52 Å². The van der Waals surface area contributed by atoms with Gasteiger partial charge in [-0.2, -0.15) is 0 Å². The molecule has 0 amide bonds. The molecule has 5 rings (SSSR count). The molecule has 32 heavy (non-hydrogen) atoms. The lowest BCUT2D eigenvalue weighted by atomic mass is 10.2. The topological polar surface area (TPSA) is 47.9 Å². The third-order valence-corrected chi connectivity index (χ3v) is 6.77. The van der Waals surface area contributed by atoms with Gasteiger partial charge in [0.15, 0.2) is 19.8 Å². The monoisotopic (exact) mass is 432 g/mol. The molecule has 1 heterocycles. The van der Waals surface area contributed by atoms with Gasteiger partial charge in [0.2, 0.25) is 6.33 Å². The Morgan fingerprint density at radius 1 is 0.531 bits per heavy atom. The molecule has 5 aromatic rings. The van der Waals surface area contributed by atoms with Crippen LogP contribution >= 0.6 is 8.15 Å². The van der Waals surface area contributed by atoms with E-state index in [1.165, 1.54) is 0 Å². The third-order valence-electron chi connectivity index (χ3n) is 4.85. The van der Waals surface area contributed by atoms with Crippen LogP contribution in [0.5, 0.6) is 5.75 Å². The highest BCUT2D eigenvalue weighted by Gasteiger charge is 2.17. The van der Waals surface area contributed by atoms with Gasteiger partial charge < -0.3 is 4.52 Å². The summed E-state index contributed by atoms with van der Waals surface area (Å²) in [7, 11) is -0.974. The molecule has 0 aliphatic rings. The fourth-order valence-electron chi connectivity index (χ4n) is 3.27. The van der Waals surface area contributed by atoms with Crippen molar-refractivity contribution in [1.29, 1.82) is 0 Å². The summed E-state index contributed by atoms with van der Waals surface area (Å²) in [6.07, 6.45) is 2.73. The van der Waals surface area contributed by atoms with E-state index in [9.17, 15) is 0 Å². The summed E-state index contributed by atoms with van der Waals surface area (Å²) >= 11 is 0. The zero-order valence-electron chi connectivity index (χ0n) is 17.2. The van der Waals surface area contributed by atoms with Crippen molar-refractivity contribution in [2.24, 2.45) is 0 Å². The number of benzene rings is 4. The molecule has 4 aromatic carbocycles. The first-order valence-electron chi connectivity index (χ1n) is 10.2. The molecule has 0 spiro atoms. The molecule has 0 aliphatic heterocycles. The quantitative estimate of drug-likeness (QED) is 0.336. The van der Waals surface area contributed by atoms with Crippen molar-refractivity contribution < 1.29 is 4.52 Å². The summed E-state index contributed by atoms with van der Waals surface area (Å²) < 4.78 is 6.47. The molecule has 153 valence electrons. The van der Waals surface area contributed by atoms with Gasteiger partial charge in [-0.15, -0.1) is 0 Å². The van der Waals surface area contributed by atoms with Crippen molar-refractivity contribution >= 4 is 18.8 Å². The highest BCUT2D eigenvalue weighted by molar-refractivity contribution is 7.68. The van der Waals surface area contributed by atoms with Crippen LogP contribution in [0.2, 0.25) is 0 Å². The molecule has 0 saturated heterocycles. The molecule has 4 nitrogen and oxygen atoms in total. The number of rotatable bonds is 6. The fourth-order valence-corrected chi connectivity index (χ4v) is 4.99. The van der Waals surface area contributed by atoms with E-state index in [-0.39, 0.29) is 0 Å². The van der Waals surface area contributed by atoms with Gasteiger partial charge in [-0.25, -0.2) is 15.0 Å². The average molecular weight is 432 g/mol. The minimum atomic E-state index is -0.974. The Balaban J connectivity index is 1.41. The minimum Gasteiger partial charge on any atom is -0.464 e. The lowest BCUT2D eigenvalue weighted by Gasteiger charge is -2.19. The Hall–Kier alpha value is -3.88. The van der Waals surface area contributed by atoms with Gasteiger partial charge in [0.05, 0.1) is 0 Å². The number of hydrogen-bond acceptors (Lipinski definition) is 4. The summed E-state index contributed by atoms with van der Waals surface area (Å²) in [6.45, 7) is 0. The molecule has 0 N–H and O–H groups in total. The van der Waals surface area contributed by atoms with Crippen molar-refractivity contribution in [3.05, 3.63) is 122 Å². The van der Waals surface area contributed by atoms with Gasteiger partial charge >= 0.3 is 0 Å². The van der Waals surface area contributed by atoms with Gasteiger partial charge in [-0.05, 0) is 24.3 Å². The first-order chi connectivity index (χ1) is 15.9. The predicted molar refractivity (Wildman–Crippen MR) is 129 cm³/mol. The van der Waals surface area contributed by atoms with E-state index >= 15 is 0 Å². The molecule has 0 bridgehead atoms. The smallest absolute Gasteiger partial charge is 0.202 e. The Bertz CT molecular complexity index is 1240. The van der Waals surface area contributed by atoms with E-state index in [0.717, 1.165) is 27.5 Å². The average Bonchev–Trinajstić information content (AvgIpc) is 2.89. The van der Waals surface area contributed by atoms with E-state index in [0.29, 0.717) is 11.6 Å². The second-order valence-electron chi connectivity index (χ2n) is 7.03. The Morgan fingerprint density at radius 2 is 1.00 bits per heavy atom. The molecule has 1 aromatic heterocycles. The highest BCUT2D eigenvalue weighted by atomic mass is 31.1. The summed E-state index contributed by atoms with van der Waals surface area (Å²) in [4.78, 5) is 13.0. The molecule has 0 fully saturated rings. The van der Waals surface area contributed by atoms with Crippen LogP contribution in [-0.2, 0) is 0 Å². The fraction of sp³-hybridized carbons (Fsp3) is 0. The van der Waals surface area contributed by atoms with Gasteiger partial charge in [-0.1, -0.05) is 91.0 Å². The maximum atomic E-state index is 6.47. The molecular weight excluding hydrogens is 413 g/mol. The normalized spacial score (nSPS) is 10.8. The van der Waals surface area contributed by atoms with Crippen LogP contribution in [0.3, 0.4) is 0 Å². The molecule has 5 heteroatoms. The van der Waals surface area contributed by atoms with Crippen LogP contribution < -0.4 is 15.1 Å². The lowest BCUT2D eigenvalue weighted by Crippen LogP contribution is -2.15. The molecule has 0 saturated carbocycles. The molecular formula is C27H19N3OP.